The van der Waals surface area contributed by atoms with Gasteiger partial charge < -0.3 is 5.73 Å². The van der Waals surface area contributed by atoms with Crippen molar-refractivity contribution in [3.05, 3.63) is 47.2 Å². The topological polar surface area (TPSA) is 81.9 Å². The van der Waals surface area contributed by atoms with E-state index in [1.807, 2.05) is 7.05 Å². The van der Waals surface area contributed by atoms with E-state index in [0.717, 1.165) is 11.1 Å². The van der Waals surface area contributed by atoms with Gasteiger partial charge in [-0.1, -0.05) is 45.0 Å². The second-order valence-corrected chi connectivity index (χ2v) is 6.08. The molecule has 5 nitrogen and oxygen atoms in total. The number of hydrazine groups is 1. The van der Waals surface area contributed by atoms with Crippen LogP contribution in [0.5, 0.6) is 0 Å². The summed E-state index contributed by atoms with van der Waals surface area (Å²) < 4.78 is 1.64. The Morgan fingerprint density at radius 1 is 1.20 bits per heavy atom. The summed E-state index contributed by atoms with van der Waals surface area (Å²) in [6, 6.07) is 8.27. The van der Waals surface area contributed by atoms with Crippen LogP contribution in [0.2, 0.25) is 0 Å². The van der Waals surface area contributed by atoms with Crippen molar-refractivity contribution < 1.29 is 0 Å². The van der Waals surface area contributed by atoms with Crippen molar-refractivity contribution in [1.29, 1.82) is 0 Å². The van der Waals surface area contributed by atoms with Crippen molar-refractivity contribution in [2.45, 2.75) is 32.2 Å². The predicted octanol–water partition coefficient (Wildman–Crippen LogP) is 1.85. The number of anilines is 1. The lowest BCUT2D eigenvalue weighted by Gasteiger charge is -2.21. The first-order chi connectivity index (χ1) is 9.34. The molecular weight excluding hydrogens is 250 g/mol. The highest BCUT2D eigenvalue weighted by Crippen LogP contribution is 2.28. The smallest absolute Gasteiger partial charge is 0.126 e. The molecular formula is C15H23N5. The van der Waals surface area contributed by atoms with Gasteiger partial charge in [0.2, 0.25) is 0 Å². The number of nitrogens with one attached hydrogen (secondary N) is 1. The largest absolute Gasteiger partial charge is 0.384 e. The van der Waals surface area contributed by atoms with Crippen molar-refractivity contribution >= 4 is 5.82 Å². The zero-order chi connectivity index (χ0) is 14.9. The van der Waals surface area contributed by atoms with E-state index in [2.05, 4.69) is 55.6 Å². The first-order valence-electron chi connectivity index (χ1n) is 6.68. The van der Waals surface area contributed by atoms with Crippen LogP contribution in [0.3, 0.4) is 0 Å². The van der Waals surface area contributed by atoms with Crippen LogP contribution >= 0.6 is 0 Å². The van der Waals surface area contributed by atoms with Crippen LogP contribution in [-0.4, -0.2) is 9.78 Å². The Labute approximate surface area is 119 Å². The second kappa shape index (κ2) is 5.26. The number of nitrogens with zero attached hydrogens (tertiary/aromatic N) is 2. The maximum atomic E-state index is 6.02. The third kappa shape index (κ3) is 2.69. The summed E-state index contributed by atoms with van der Waals surface area (Å²) in [7, 11) is 1.81. The number of aromatic nitrogens is 2. The van der Waals surface area contributed by atoms with Gasteiger partial charge in [0.1, 0.15) is 5.82 Å². The fourth-order valence-corrected chi connectivity index (χ4v) is 2.23. The lowest BCUT2D eigenvalue weighted by Crippen LogP contribution is -2.29. The van der Waals surface area contributed by atoms with Crippen LogP contribution in [0.1, 0.15) is 43.5 Å². The Kier molecular flexibility index (Phi) is 3.83. The third-order valence-electron chi connectivity index (χ3n) is 3.60. The van der Waals surface area contributed by atoms with Crippen molar-refractivity contribution in [1.82, 2.24) is 15.2 Å². The van der Waals surface area contributed by atoms with Crippen molar-refractivity contribution in [2.24, 2.45) is 12.9 Å². The Bertz CT molecular complexity index is 577. The van der Waals surface area contributed by atoms with Crippen LogP contribution in [0, 0.1) is 0 Å². The molecule has 5 N–H and O–H groups in total. The Morgan fingerprint density at radius 3 is 2.20 bits per heavy atom. The van der Waals surface area contributed by atoms with Gasteiger partial charge in [-0.25, -0.2) is 5.43 Å². The maximum absolute atomic E-state index is 6.02. The van der Waals surface area contributed by atoms with Gasteiger partial charge in [-0.3, -0.25) is 10.5 Å². The molecule has 0 saturated heterocycles. The molecule has 0 radical (unpaired) electrons. The average molecular weight is 273 g/mol. The number of nitrogen functional groups attached to an aromatic ring is 1. The van der Waals surface area contributed by atoms with Gasteiger partial charge in [0, 0.05) is 12.6 Å². The van der Waals surface area contributed by atoms with Gasteiger partial charge in [0.25, 0.3) is 0 Å². The highest BCUT2D eigenvalue weighted by molar-refractivity contribution is 5.46. The van der Waals surface area contributed by atoms with Gasteiger partial charge in [0.05, 0.1) is 12.2 Å². The minimum absolute atomic E-state index is 0.136. The van der Waals surface area contributed by atoms with Crippen molar-refractivity contribution in [2.75, 3.05) is 5.73 Å². The minimum atomic E-state index is -0.155. The van der Waals surface area contributed by atoms with E-state index in [1.165, 1.54) is 5.56 Å². The van der Waals surface area contributed by atoms with Gasteiger partial charge in [-0.15, -0.1) is 0 Å². The maximum Gasteiger partial charge on any atom is 0.126 e. The third-order valence-corrected chi connectivity index (χ3v) is 3.60. The Balaban J connectivity index is 2.36. The summed E-state index contributed by atoms with van der Waals surface area (Å²) in [5.41, 5.74) is 12.2. The molecule has 0 aliphatic heterocycles. The Morgan fingerprint density at radius 2 is 1.80 bits per heavy atom. The second-order valence-electron chi connectivity index (χ2n) is 6.08. The molecule has 0 aliphatic carbocycles. The lowest BCUT2D eigenvalue weighted by molar-refractivity contribution is 0.588. The zero-order valence-corrected chi connectivity index (χ0v) is 12.5. The SMILES string of the molecule is Cn1ncc(C(NN)c2ccc(C(C)(C)C)cc2)c1N. The molecule has 2 aromatic rings. The molecule has 1 heterocycles. The summed E-state index contributed by atoms with van der Waals surface area (Å²) in [6.45, 7) is 6.58. The van der Waals surface area contributed by atoms with E-state index in [9.17, 15) is 0 Å². The Hall–Kier alpha value is -1.85. The number of benzene rings is 1. The number of aryl methyl sites for hydroxylation is 1. The molecule has 1 unspecified atom stereocenters. The van der Waals surface area contributed by atoms with Crippen molar-refractivity contribution in [3.63, 3.8) is 0 Å². The molecule has 1 atom stereocenters. The number of hydrogen-bond donors (Lipinski definition) is 3. The van der Waals surface area contributed by atoms with Gasteiger partial charge in [-0.2, -0.15) is 5.10 Å². The monoisotopic (exact) mass is 273 g/mol. The molecule has 0 fully saturated rings. The molecule has 108 valence electrons. The van der Waals surface area contributed by atoms with Crippen LogP contribution in [0.25, 0.3) is 0 Å². The molecule has 5 heteroatoms. The fraction of sp³-hybridized carbons (Fsp3) is 0.400. The molecule has 0 bridgehead atoms. The van der Waals surface area contributed by atoms with Gasteiger partial charge in [0.15, 0.2) is 0 Å². The first kappa shape index (κ1) is 14.6. The van der Waals surface area contributed by atoms with Crippen LogP contribution in [-0.2, 0) is 12.5 Å². The van der Waals surface area contributed by atoms with E-state index < -0.39 is 0 Å². The fourth-order valence-electron chi connectivity index (χ4n) is 2.23. The summed E-state index contributed by atoms with van der Waals surface area (Å²) in [6.07, 6.45) is 1.75. The molecule has 1 aromatic carbocycles. The van der Waals surface area contributed by atoms with E-state index in [-0.39, 0.29) is 11.5 Å². The van der Waals surface area contributed by atoms with Gasteiger partial charge >= 0.3 is 0 Å². The van der Waals surface area contributed by atoms with E-state index in [4.69, 9.17) is 11.6 Å². The van der Waals surface area contributed by atoms with Crippen LogP contribution in [0.4, 0.5) is 5.82 Å². The van der Waals surface area contributed by atoms with Crippen molar-refractivity contribution in [3.8, 4) is 0 Å². The highest BCUT2D eigenvalue weighted by Gasteiger charge is 2.19. The highest BCUT2D eigenvalue weighted by atomic mass is 15.3. The van der Waals surface area contributed by atoms with Crippen LogP contribution in [0.15, 0.2) is 30.5 Å². The summed E-state index contributed by atoms with van der Waals surface area (Å²) in [4.78, 5) is 0. The van der Waals surface area contributed by atoms with Crippen LogP contribution < -0.4 is 17.0 Å². The predicted molar refractivity (Wildman–Crippen MR) is 81.9 cm³/mol. The first-order valence-corrected chi connectivity index (χ1v) is 6.68. The van der Waals surface area contributed by atoms with E-state index >= 15 is 0 Å². The number of hydrogen-bond acceptors (Lipinski definition) is 4. The normalized spacial score (nSPS) is 13.4. The summed E-state index contributed by atoms with van der Waals surface area (Å²) >= 11 is 0. The minimum Gasteiger partial charge on any atom is -0.384 e. The summed E-state index contributed by atoms with van der Waals surface area (Å²) in [5.74, 6) is 6.31. The number of rotatable bonds is 3. The lowest BCUT2D eigenvalue weighted by atomic mass is 9.86. The molecule has 20 heavy (non-hydrogen) atoms. The zero-order valence-electron chi connectivity index (χ0n) is 12.5. The molecule has 2 rings (SSSR count). The average Bonchev–Trinajstić information content (AvgIpc) is 2.72. The molecule has 0 aliphatic rings. The molecule has 0 spiro atoms. The van der Waals surface area contributed by atoms with E-state index in [1.54, 1.807) is 10.9 Å². The standard InChI is InChI=1S/C15H23N5/c1-15(2,3)11-7-5-10(6-8-11)13(19-17)12-9-18-20(4)14(12)16/h5-9,13,19H,16-17H2,1-4H3. The molecule has 1 aromatic heterocycles. The van der Waals surface area contributed by atoms with E-state index in [0.29, 0.717) is 5.82 Å². The summed E-state index contributed by atoms with van der Waals surface area (Å²) in [5, 5.41) is 4.16. The quantitative estimate of drug-likeness (QED) is 0.589. The molecule has 0 saturated carbocycles. The molecule has 0 amide bonds. The van der Waals surface area contributed by atoms with Gasteiger partial charge in [-0.05, 0) is 16.5 Å². The number of nitrogens with two attached hydrogens (primary N) is 2.